The SMILES string of the molecule is COc1ccc(Cl)cc1S(=O)(=O)n1cc(C)nc1-c1ccccc1. The van der Waals surface area contributed by atoms with Gasteiger partial charge in [-0.15, -0.1) is 0 Å². The van der Waals surface area contributed by atoms with E-state index in [2.05, 4.69) is 4.98 Å². The quantitative estimate of drug-likeness (QED) is 0.709. The molecular weight excluding hydrogens is 348 g/mol. The van der Waals surface area contributed by atoms with Crippen LogP contribution in [-0.4, -0.2) is 24.5 Å². The molecular formula is C17H15ClN2O3S. The average molecular weight is 363 g/mol. The third-order valence-corrected chi connectivity index (χ3v) is 5.40. The molecule has 0 aliphatic rings. The highest BCUT2D eigenvalue weighted by atomic mass is 35.5. The largest absolute Gasteiger partial charge is 0.495 e. The van der Waals surface area contributed by atoms with E-state index in [1.165, 1.54) is 25.4 Å². The lowest BCUT2D eigenvalue weighted by Crippen LogP contribution is -2.14. The number of imidazole rings is 1. The molecule has 0 aliphatic carbocycles. The molecule has 0 atom stereocenters. The van der Waals surface area contributed by atoms with Crippen molar-refractivity contribution in [3.63, 3.8) is 0 Å². The highest BCUT2D eigenvalue weighted by molar-refractivity contribution is 7.90. The Morgan fingerprint density at radius 1 is 1.12 bits per heavy atom. The Balaban J connectivity index is 2.25. The van der Waals surface area contributed by atoms with Crippen molar-refractivity contribution in [1.82, 2.24) is 8.96 Å². The van der Waals surface area contributed by atoms with Crippen molar-refractivity contribution in [2.45, 2.75) is 11.8 Å². The fraction of sp³-hybridized carbons (Fsp3) is 0.118. The molecule has 2 aromatic carbocycles. The number of halogens is 1. The molecule has 0 aliphatic heterocycles. The first-order chi connectivity index (χ1) is 11.4. The van der Waals surface area contributed by atoms with Gasteiger partial charge in [-0.05, 0) is 25.1 Å². The van der Waals surface area contributed by atoms with Crippen LogP contribution in [0.5, 0.6) is 5.75 Å². The minimum Gasteiger partial charge on any atom is -0.495 e. The van der Waals surface area contributed by atoms with Gasteiger partial charge in [0.2, 0.25) is 0 Å². The maximum absolute atomic E-state index is 13.2. The lowest BCUT2D eigenvalue weighted by molar-refractivity contribution is 0.402. The van der Waals surface area contributed by atoms with E-state index in [-0.39, 0.29) is 10.6 Å². The third-order valence-electron chi connectivity index (χ3n) is 3.49. The molecule has 0 N–H and O–H groups in total. The predicted molar refractivity (Wildman–Crippen MR) is 93.0 cm³/mol. The number of hydrogen-bond acceptors (Lipinski definition) is 4. The number of rotatable bonds is 4. The normalized spacial score (nSPS) is 11.5. The summed E-state index contributed by atoms with van der Waals surface area (Å²) in [7, 11) is -2.50. The molecule has 5 nitrogen and oxygen atoms in total. The summed E-state index contributed by atoms with van der Waals surface area (Å²) in [4.78, 5) is 4.35. The zero-order valence-electron chi connectivity index (χ0n) is 13.1. The minimum atomic E-state index is -3.92. The van der Waals surface area contributed by atoms with E-state index in [0.29, 0.717) is 22.1 Å². The van der Waals surface area contributed by atoms with Crippen molar-refractivity contribution in [2.24, 2.45) is 0 Å². The fourth-order valence-electron chi connectivity index (χ4n) is 2.40. The third kappa shape index (κ3) is 2.90. The monoisotopic (exact) mass is 362 g/mol. The molecule has 0 unspecified atom stereocenters. The second kappa shape index (κ2) is 6.30. The Labute approximate surface area is 145 Å². The average Bonchev–Trinajstić information content (AvgIpc) is 2.98. The van der Waals surface area contributed by atoms with Crippen LogP contribution in [0.15, 0.2) is 59.6 Å². The highest BCUT2D eigenvalue weighted by Gasteiger charge is 2.26. The smallest absolute Gasteiger partial charge is 0.273 e. The number of aromatic nitrogens is 2. The van der Waals surface area contributed by atoms with Crippen LogP contribution in [0.25, 0.3) is 11.4 Å². The number of hydrogen-bond donors (Lipinski definition) is 0. The Kier molecular flexibility index (Phi) is 4.34. The van der Waals surface area contributed by atoms with Crippen LogP contribution in [0.2, 0.25) is 5.02 Å². The van der Waals surface area contributed by atoms with Crippen molar-refractivity contribution < 1.29 is 13.2 Å². The summed E-state index contributed by atoms with van der Waals surface area (Å²) in [6, 6.07) is 13.6. The molecule has 124 valence electrons. The van der Waals surface area contributed by atoms with Crippen LogP contribution in [0.1, 0.15) is 5.69 Å². The lowest BCUT2D eigenvalue weighted by atomic mass is 10.2. The molecule has 1 heterocycles. The molecule has 0 amide bonds. The van der Waals surface area contributed by atoms with Gasteiger partial charge in [0.25, 0.3) is 10.0 Å². The van der Waals surface area contributed by atoms with Crippen LogP contribution >= 0.6 is 11.6 Å². The van der Waals surface area contributed by atoms with E-state index < -0.39 is 10.0 Å². The summed E-state index contributed by atoms with van der Waals surface area (Å²) in [5, 5.41) is 0.312. The Hall–Kier alpha value is -2.31. The summed E-state index contributed by atoms with van der Waals surface area (Å²) < 4.78 is 32.7. The first kappa shape index (κ1) is 16.5. The molecule has 1 aromatic heterocycles. The summed E-state index contributed by atoms with van der Waals surface area (Å²) >= 11 is 5.98. The molecule has 0 spiro atoms. The minimum absolute atomic E-state index is 0.00733. The maximum atomic E-state index is 13.2. The van der Waals surface area contributed by atoms with Gasteiger partial charge in [0.1, 0.15) is 10.6 Å². The Bertz CT molecular complexity index is 982. The van der Waals surface area contributed by atoms with Crippen molar-refractivity contribution in [3.05, 3.63) is 65.4 Å². The van der Waals surface area contributed by atoms with E-state index in [9.17, 15) is 8.42 Å². The molecule has 0 fully saturated rings. The summed E-state index contributed by atoms with van der Waals surface area (Å²) in [5.74, 6) is 0.569. The van der Waals surface area contributed by atoms with Gasteiger partial charge < -0.3 is 4.74 Å². The fourth-order valence-corrected chi connectivity index (χ4v) is 4.19. The molecule has 3 aromatic rings. The van der Waals surface area contributed by atoms with Gasteiger partial charge in [-0.25, -0.2) is 17.4 Å². The first-order valence-electron chi connectivity index (χ1n) is 7.14. The van der Waals surface area contributed by atoms with E-state index in [0.717, 1.165) is 3.97 Å². The van der Waals surface area contributed by atoms with Gasteiger partial charge in [0.05, 0.1) is 12.8 Å². The standard InChI is InChI=1S/C17H15ClN2O3S/c1-12-11-20(17(19-12)13-6-4-3-5-7-13)24(21,22)16-10-14(18)8-9-15(16)23-2/h3-11H,1-2H3. The van der Waals surface area contributed by atoms with Crippen LogP contribution in [0, 0.1) is 6.92 Å². The Morgan fingerprint density at radius 3 is 2.50 bits per heavy atom. The zero-order chi connectivity index (χ0) is 17.3. The summed E-state index contributed by atoms with van der Waals surface area (Å²) in [5.41, 5.74) is 1.30. The second-order valence-corrected chi connectivity index (χ2v) is 7.39. The van der Waals surface area contributed by atoms with Gasteiger partial charge >= 0.3 is 0 Å². The highest BCUT2D eigenvalue weighted by Crippen LogP contribution is 2.31. The van der Waals surface area contributed by atoms with Crippen molar-refractivity contribution >= 4 is 21.6 Å². The number of benzene rings is 2. The lowest BCUT2D eigenvalue weighted by Gasteiger charge is -2.12. The van der Waals surface area contributed by atoms with Crippen LogP contribution in [-0.2, 0) is 10.0 Å². The van der Waals surface area contributed by atoms with Crippen molar-refractivity contribution in [3.8, 4) is 17.1 Å². The number of methoxy groups -OCH3 is 1. The van der Waals surface area contributed by atoms with Gasteiger partial charge in [0.15, 0.2) is 5.82 Å². The van der Waals surface area contributed by atoms with Gasteiger partial charge in [-0.2, -0.15) is 0 Å². The number of aryl methyl sites for hydroxylation is 1. The summed E-state index contributed by atoms with van der Waals surface area (Å²) in [6.45, 7) is 1.74. The molecule has 0 saturated carbocycles. The topological polar surface area (TPSA) is 61.2 Å². The number of nitrogens with zero attached hydrogens (tertiary/aromatic N) is 2. The molecule has 0 radical (unpaired) electrons. The van der Waals surface area contributed by atoms with Crippen LogP contribution < -0.4 is 4.74 Å². The molecule has 0 saturated heterocycles. The van der Waals surface area contributed by atoms with E-state index in [1.54, 1.807) is 13.0 Å². The van der Waals surface area contributed by atoms with E-state index >= 15 is 0 Å². The molecule has 24 heavy (non-hydrogen) atoms. The van der Waals surface area contributed by atoms with Gasteiger partial charge in [-0.3, -0.25) is 0 Å². The maximum Gasteiger partial charge on any atom is 0.273 e. The molecule has 3 rings (SSSR count). The summed E-state index contributed by atoms with van der Waals surface area (Å²) in [6.07, 6.45) is 1.48. The Morgan fingerprint density at radius 2 is 1.83 bits per heavy atom. The second-order valence-electron chi connectivity index (χ2n) is 5.17. The van der Waals surface area contributed by atoms with Crippen molar-refractivity contribution in [1.29, 1.82) is 0 Å². The first-order valence-corrected chi connectivity index (χ1v) is 8.96. The predicted octanol–water partition coefficient (Wildman–Crippen LogP) is 3.76. The molecule has 7 heteroatoms. The van der Waals surface area contributed by atoms with Crippen LogP contribution in [0.4, 0.5) is 0 Å². The van der Waals surface area contributed by atoms with Gasteiger partial charge in [-0.1, -0.05) is 41.9 Å². The van der Waals surface area contributed by atoms with Gasteiger partial charge in [0, 0.05) is 16.8 Å². The number of ether oxygens (including phenoxy) is 1. The van der Waals surface area contributed by atoms with Crippen molar-refractivity contribution in [2.75, 3.05) is 7.11 Å². The molecule has 0 bridgehead atoms. The van der Waals surface area contributed by atoms with E-state index in [4.69, 9.17) is 16.3 Å². The zero-order valence-corrected chi connectivity index (χ0v) is 14.7. The van der Waals surface area contributed by atoms with E-state index in [1.807, 2.05) is 30.3 Å². The van der Waals surface area contributed by atoms with Crippen LogP contribution in [0.3, 0.4) is 0 Å².